The number of aliphatic imine (C=N–C) groups is 1. The SMILES string of the molecule is CCNC1=N[C@@H]2[C@@H](O)[C@H](O)[C@@H](CF)O[C@@H]2S1. The fraction of sp³-hybridized carbons (Fsp3) is 0.889. The van der Waals surface area contributed by atoms with Crippen LogP contribution in [0.1, 0.15) is 6.92 Å². The molecule has 0 bridgehead atoms. The maximum absolute atomic E-state index is 12.5. The molecule has 2 aliphatic rings. The second-order valence-corrected chi connectivity index (χ2v) is 4.84. The predicted octanol–water partition coefficient (Wildman–Crippen LogP) is -0.517. The first-order chi connectivity index (χ1) is 7.67. The highest BCUT2D eigenvalue weighted by atomic mass is 32.2. The number of rotatable bonds is 2. The number of nitrogens with one attached hydrogen (secondary N) is 1. The fourth-order valence-electron chi connectivity index (χ4n) is 1.79. The van der Waals surface area contributed by atoms with Gasteiger partial charge in [0, 0.05) is 6.54 Å². The number of amidine groups is 1. The molecule has 0 amide bonds. The Morgan fingerprint density at radius 3 is 2.88 bits per heavy atom. The summed E-state index contributed by atoms with van der Waals surface area (Å²) >= 11 is 1.32. The molecule has 0 radical (unpaired) electrons. The molecule has 5 atom stereocenters. The number of aliphatic hydroxyl groups is 2. The Morgan fingerprint density at radius 1 is 1.50 bits per heavy atom. The maximum Gasteiger partial charge on any atom is 0.159 e. The van der Waals surface area contributed by atoms with Crippen molar-refractivity contribution in [3.05, 3.63) is 0 Å². The molecule has 7 heteroatoms. The van der Waals surface area contributed by atoms with Gasteiger partial charge < -0.3 is 20.3 Å². The minimum Gasteiger partial charge on any atom is -0.388 e. The van der Waals surface area contributed by atoms with Crippen molar-refractivity contribution in [3.8, 4) is 0 Å². The molecule has 0 aliphatic carbocycles. The Morgan fingerprint density at radius 2 is 2.25 bits per heavy atom. The molecule has 0 aromatic heterocycles. The largest absolute Gasteiger partial charge is 0.388 e. The standard InChI is InChI=1S/C9H15FN2O3S/c1-2-11-9-12-5-7(14)6(13)4(3-10)15-8(5)16-9/h4-8,13-14H,2-3H2,1H3,(H,11,12)/t4-,5-,6-,7-,8-/m1/s1. The number of aliphatic hydroxyl groups excluding tert-OH is 2. The van der Waals surface area contributed by atoms with E-state index in [4.69, 9.17) is 4.74 Å². The zero-order chi connectivity index (χ0) is 11.7. The monoisotopic (exact) mass is 250 g/mol. The normalized spacial score (nSPS) is 42.8. The van der Waals surface area contributed by atoms with Crippen molar-refractivity contribution in [3.63, 3.8) is 0 Å². The van der Waals surface area contributed by atoms with Gasteiger partial charge in [0.1, 0.15) is 36.5 Å². The summed E-state index contributed by atoms with van der Waals surface area (Å²) in [7, 11) is 0. The van der Waals surface area contributed by atoms with Crippen molar-refractivity contribution in [1.29, 1.82) is 0 Å². The number of hydrogen-bond donors (Lipinski definition) is 3. The molecular formula is C9H15FN2O3S. The highest BCUT2D eigenvalue weighted by Crippen LogP contribution is 2.35. The van der Waals surface area contributed by atoms with Crippen LogP contribution in [0.3, 0.4) is 0 Å². The Labute approximate surface area is 97.1 Å². The smallest absolute Gasteiger partial charge is 0.159 e. The van der Waals surface area contributed by atoms with Crippen LogP contribution >= 0.6 is 11.8 Å². The molecular weight excluding hydrogens is 235 g/mol. The molecule has 5 nitrogen and oxygen atoms in total. The number of halogens is 1. The van der Waals surface area contributed by atoms with Gasteiger partial charge in [0.15, 0.2) is 5.17 Å². The number of fused-ring (bicyclic) bond motifs is 1. The van der Waals surface area contributed by atoms with Crippen molar-refractivity contribution in [2.24, 2.45) is 4.99 Å². The van der Waals surface area contributed by atoms with Crippen LogP contribution < -0.4 is 5.32 Å². The maximum atomic E-state index is 12.5. The summed E-state index contributed by atoms with van der Waals surface area (Å²) < 4.78 is 17.9. The molecule has 2 rings (SSSR count). The van der Waals surface area contributed by atoms with E-state index in [1.807, 2.05) is 6.92 Å². The minimum atomic E-state index is -1.21. The van der Waals surface area contributed by atoms with E-state index in [2.05, 4.69) is 10.3 Å². The van der Waals surface area contributed by atoms with Crippen molar-refractivity contribution < 1.29 is 19.3 Å². The molecule has 0 spiro atoms. The topological polar surface area (TPSA) is 74.1 Å². The molecule has 2 aliphatic heterocycles. The lowest BCUT2D eigenvalue weighted by atomic mass is 9.99. The van der Waals surface area contributed by atoms with Crippen LogP contribution in [0.4, 0.5) is 4.39 Å². The third-order valence-electron chi connectivity index (χ3n) is 2.64. The Kier molecular flexibility index (Phi) is 3.68. The first-order valence-electron chi connectivity index (χ1n) is 5.23. The van der Waals surface area contributed by atoms with Gasteiger partial charge in [-0.3, -0.25) is 4.99 Å². The van der Waals surface area contributed by atoms with Crippen LogP contribution in [-0.4, -0.2) is 58.4 Å². The van der Waals surface area contributed by atoms with Crippen LogP contribution in [0.25, 0.3) is 0 Å². The summed E-state index contributed by atoms with van der Waals surface area (Å²) in [6.07, 6.45) is -3.24. The molecule has 0 aromatic carbocycles. The van der Waals surface area contributed by atoms with Gasteiger partial charge in [0.05, 0.1) is 0 Å². The third-order valence-corrected chi connectivity index (χ3v) is 3.74. The number of alkyl halides is 1. The number of nitrogens with zero attached hydrogens (tertiary/aromatic N) is 1. The van der Waals surface area contributed by atoms with Crippen molar-refractivity contribution in [2.75, 3.05) is 13.2 Å². The predicted molar refractivity (Wildman–Crippen MR) is 59.1 cm³/mol. The Bertz CT molecular complexity index is 292. The lowest BCUT2D eigenvalue weighted by Gasteiger charge is -2.36. The van der Waals surface area contributed by atoms with E-state index >= 15 is 0 Å². The van der Waals surface area contributed by atoms with Crippen LogP contribution in [0.15, 0.2) is 4.99 Å². The van der Waals surface area contributed by atoms with Crippen LogP contribution in [0.5, 0.6) is 0 Å². The Hall–Kier alpha value is -0.370. The number of ether oxygens (including phenoxy) is 1. The first kappa shape index (κ1) is 12.1. The van der Waals surface area contributed by atoms with Gasteiger partial charge in [-0.15, -0.1) is 0 Å². The third kappa shape index (κ3) is 2.04. The second kappa shape index (κ2) is 4.87. The molecule has 16 heavy (non-hydrogen) atoms. The lowest BCUT2D eigenvalue weighted by molar-refractivity contribution is -0.157. The van der Waals surface area contributed by atoms with Crippen LogP contribution in [0, 0.1) is 0 Å². The highest BCUT2D eigenvalue weighted by molar-refractivity contribution is 8.14. The summed E-state index contributed by atoms with van der Waals surface area (Å²) in [5.74, 6) is 0. The van der Waals surface area contributed by atoms with Crippen LogP contribution in [-0.2, 0) is 4.74 Å². The van der Waals surface area contributed by atoms with Gasteiger partial charge in [-0.05, 0) is 6.92 Å². The van der Waals surface area contributed by atoms with Gasteiger partial charge in [-0.25, -0.2) is 4.39 Å². The molecule has 2 heterocycles. The highest BCUT2D eigenvalue weighted by Gasteiger charge is 2.48. The molecule has 1 fully saturated rings. The van der Waals surface area contributed by atoms with Gasteiger partial charge in [-0.2, -0.15) is 0 Å². The van der Waals surface area contributed by atoms with Crippen molar-refractivity contribution in [1.82, 2.24) is 5.32 Å². The zero-order valence-electron chi connectivity index (χ0n) is 8.84. The average molecular weight is 250 g/mol. The summed E-state index contributed by atoms with van der Waals surface area (Å²) in [6, 6.07) is -0.517. The van der Waals surface area contributed by atoms with E-state index in [-0.39, 0.29) is 0 Å². The van der Waals surface area contributed by atoms with Crippen molar-refractivity contribution in [2.45, 2.75) is 36.7 Å². The van der Waals surface area contributed by atoms with E-state index in [1.54, 1.807) is 0 Å². The van der Waals surface area contributed by atoms with Gasteiger partial charge >= 0.3 is 0 Å². The van der Waals surface area contributed by atoms with E-state index in [1.165, 1.54) is 11.8 Å². The van der Waals surface area contributed by atoms with Gasteiger partial charge in [0.2, 0.25) is 0 Å². The van der Waals surface area contributed by atoms with E-state index < -0.39 is 36.5 Å². The van der Waals surface area contributed by atoms with E-state index in [0.717, 1.165) is 6.54 Å². The quantitative estimate of drug-likeness (QED) is 0.615. The molecule has 0 aromatic rings. The summed E-state index contributed by atoms with van der Waals surface area (Å²) in [5.41, 5.74) is -0.409. The zero-order valence-corrected chi connectivity index (χ0v) is 9.65. The summed E-state index contributed by atoms with van der Waals surface area (Å²) in [5, 5.41) is 23.1. The van der Waals surface area contributed by atoms with Gasteiger partial charge in [0.25, 0.3) is 0 Å². The minimum absolute atomic E-state index is 0.409. The van der Waals surface area contributed by atoms with E-state index in [9.17, 15) is 14.6 Å². The average Bonchev–Trinajstić information content (AvgIpc) is 2.67. The molecule has 1 saturated heterocycles. The lowest BCUT2D eigenvalue weighted by Crippen LogP contribution is -2.55. The molecule has 92 valence electrons. The first-order valence-corrected chi connectivity index (χ1v) is 6.11. The molecule has 0 unspecified atom stereocenters. The molecule has 3 N–H and O–H groups in total. The van der Waals surface area contributed by atoms with Crippen molar-refractivity contribution >= 4 is 16.9 Å². The summed E-state index contributed by atoms with van der Waals surface area (Å²) in [6.45, 7) is 1.84. The van der Waals surface area contributed by atoms with E-state index in [0.29, 0.717) is 5.17 Å². The Balaban J connectivity index is 2.08. The number of hydrogen-bond acceptors (Lipinski definition) is 6. The fourth-order valence-corrected chi connectivity index (χ4v) is 2.98. The number of thioether (sulfide) groups is 1. The second-order valence-electron chi connectivity index (χ2n) is 3.75. The molecule has 0 saturated carbocycles. The summed E-state index contributed by atoms with van der Waals surface area (Å²) in [4.78, 5) is 4.21. The van der Waals surface area contributed by atoms with Gasteiger partial charge in [-0.1, -0.05) is 11.8 Å². The van der Waals surface area contributed by atoms with Crippen LogP contribution in [0.2, 0.25) is 0 Å².